The van der Waals surface area contributed by atoms with E-state index in [2.05, 4.69) is 10.6 Å². The van der Waals surface area contributed by atoms with Crippen LogP contribution in [-0.2, 0) is 14.4 Å². The number of aliphatic carboxylic acids is 1. The molecule has 0 heterocycles. The zero-order chi connectivity index (χ0) is 13.7. The minimum Gasteiger partial charge on any atom is -0.481 e. The second-order valence-electron chi connectivity index (χ2n) is 4.70. The Kier molecular flexibility index (Phi) is 5.12. The summed E-state index contributed by atoms with van der Waals surface area (Å²) in [6, 6.07) is 0.132. The summed E-state index contributed by atoms with van der Waals surface area (Å²) in [7, 11) is 0. The third-order valence-corrected chi connectivity index (χ3v) is 3.12. The van der Waals surface area contributed by atoms with Crippen LogP contribution in [0.25, 0.3) is 0 Å². The van der Waals surface area contributed by atoms with Gasteiger partial charge in [-0.05, 0) is 19.8 Å². The molecule has 0 aromatic carbocycles. The van der Waals surface area contributed by atoms with Crippen molar-refractivity contribution in [2.75, 3.05) is 6.54 Å². The van der Waals surface area contributed by atoms with Crippen LogP contribution < -0.4 is 10.6 Å². The Bertz CT molecular complexity index is 343. The first-order chi connectivity index (χ1) is 8.45. The van der Waals surface area contributed by atoms with Crippen LogP contribution >= 0.6 is 0 Å². The SMILES string of the molecule is CCC(C)NC(=O)CCNC(=O)C1CC1C(=O)O. The molecule has 0 aromatic heterocycles. The number of amides is 2. The number of hydrogen-bond donors (Lipinski definition) is 3. The van der Waals surface area contributed by atoms with Gasteiger partial charge in [-0.15, -0.1) is 0 Å². The molecule has 1 saturated carbocycles. The van der Waals surface area contributed by atoms with E-state index in [-0.39, 0.29) is 30.8 Å². The number of carbonyl (C=O) groups is 3. The maximum atomic E-state index is 11.5. The van der Waals surface area contributed by atoms with Gasteiger partial charge in [0.15, 0.2) is 0 Å². The number of rotatable bonds is 7. The van der Waals surface area contributed by atoms with E-state index in [0.717, 1.165) is 6.42 Å². The molecule has 0 saturated heterocycles. The van der Waals surface area contributed by atoms with Gasteiger partial charge in [0.2, 0.25) is 11.8 Å². The fourth-order valence-electron chi connectivity index (χ4n) is 1.64. The molecule has 1 aliphatic carbocycles. The molecule has 0 radical (unpaired) electrons. The van der Waals surface area contributed by atoms with Gasteiger partial charge in [-0.3, -0.25) is 14.4 Å². The van der Waals surface area contributed by atoms with E-state index in [1.807, 2.05) is 13.8 Å². The zero-order valence-electron chi connectivity index (χ0n) is 10.7. The van der Waals surface area contributed by atoms with Crippen LogP contribution in [0.2, 0.25) is 0 Å². The molecule has 0 aliphatic heterocycles. The van der Waals surface area contributed by atoms with Crippen molar-refractivity contribution in [3.63, 3.8) is 0 Å². The molecule has 0 bridgehead atoms. The Morgan fingerprint density at radius 3 is 2.50 bits per heavy atom. The van der Waals surface area contributed by atoms with Crippen LogP contribution in [0, 0.1) is 11.8 Å². The maximum absolute atomic E-state index is 11.5. The predicted octanol–water partition coefficient (Wildman–Crippen LogP) is 0.128. The third-order valence-electron chi connectivity index (χ3n) is 3.12. The minimum atomic E-state index is -0.926. The average Bonchev–Trinajstić information content (AvgIpc) is 3.08. The standard InChI is InChI=1S/C12H20N2O4/c1-3-7(2)14-10(15)4-5-13-11(16)8-6-9(8)12(17)18/h7-9H,3-6H2,1-2H3,(H,13,16)(H,14,15)(H,17,18). The minimum absolute atomic E-state index is 0.102. The molecule has 3 atom stereocenters. The van der Waals surface area contributed by atoms with Crippen molar-refractivity contribution in [3.8, 4) is 0 Å². The fraction of sp³-hybridized carbons (Fsp3) is 0.750. The number of carbonyl (C=O) groups excluding carboxylic acids is 2. The molecule has 3 unspecified atom stereocenters. The molecular weight excluding hydrogens is 236 g/mol. The summed E-state index contributed by atoms with van der Waals surface area (Å²) in [6.07, 6.45) is 1.49. The number of nitrogens with one attached hydrogen (secondary N) is 2. The fourth-order valence-corrected chi connectivity index (χ4v) is 1.64. The number of carboxylic acid groups (broad SMARTS) is 1. The van der Waals surface area contributed by atoms with Gasteiger partial charge >= 0.3 is 5.97 Å². The Morgan fingerprint density at radius 2 is 2.00 bits per heavy atom. The van der Waals surface area contributed by atoms with Gasteiger partial charge in [-0.1, -0.05) is 6.92 Å². The van der Waals surface area contributed by atoms with Gasteiger partial charge in [-0.2, -0.15) is 0 Å². The summed E-state index contributed by atoms with van der Waals surface area (Å²) in [4.78, 5) is 33.4. The van der Waals surface area contributed by atoms with Crippen LogP contribution in [0.3, 0.4) is 0 Å². The molecule has 1 fully saturated rings. The van der Waals surface area contributed by atoms with Crippen molar-refractivity contribution in [1.82, 2.24) is 10.6 Å². The summed E-state index contributed by atoms with van der Waals surface area (Å²) in [5.74, 6) is -2.25. The van der Waals surface area contributed by atoms with Gasteiger partial charge in [0.1, 0.15) is 0 Å². The second-order valence-corrected chi connectivity index (χ2v) is 4.70. The van der Waals surface area contributed by atoms with Crippen LogP contribution in [0.1, 0.15) is 33.1 Å². The summed E-state index contributed by atoms with van der Waals surface area (Å²) >= 11 is 0. The molecule has 6 nitrogen and oxygen atoms in total. The molecular formula is C12H20N2O4. The maximum Gasteiger partial charge on any atom is 0.307 e. The lowest BCUT2D eigenvalue weighted by atomic mass is 10.2. The first-order valence-electron chi connectivity index (χ1n) is 6.25. The summed E-state index contributed by atoms with van der Waals surface area (Å²) in [5, 5.41) is 14.0. The topological polar surface area (TPSA) is 95.5 Å². The summed E-state index contributed by atoms with van der Waals surface area (Å²) < 4.78 is 0. The Morgan fingerprint density at radius 1 is 1.33 bits per heavy atom. The molecule has 18 heavy (non-hydrogen) atoms. The highest BCUT2D eigenvalue weighted by Gasteiger charge is 2.48. The van der Waals surface area contributed by atoms with E-state index in [4.69, 9.17) is 5.11 Å². The average molecular weight is 256 g/mol. The molecule has 1 aliphatic rings. The van der Waals surface area contributed by atoms with Crippen molar-refractivity contribution in [2.45, 2.75) is 39.2 Å². The molecule has 102 valence electrons. The Hall–Kier alpha value is -1.59. The van der Waals surface area contributed by atoms with E-state index < -0.39 is 17.8 Å². The van der Waals surface area contributed by atoms with E-state index in [1.165, 1.54) is 0 Å². The lowest BCUT2D eigenvalue weighted by Crippen LogP contribution is -2.35. The van der Waals surface area contributed by atoms with Crippen molar-refractivity contribution < 1.29 is 19.5 Å². The normalized spacial score (nSPS) is 23.0. The number of carboxylic acids is 1. The zero-order valence-corrected chi connectivity index (χ0v) is 10.7. The van der Waals surface area contributed by atoms with E-state index in [1.54, 1.807) is 0 Å². The van der Waals surface area contributed by atoms with Gasteiger partial charge < -0.3 is 15.7 Å². The highest BCUT2D eigenvalue weighted by atomic mass is 16.4. The monoisotopic (exact) mass is 256 g/mol. The van der Waals surface area contributed by atoms with Crippen molar-refractivity contribution in [2.24, 2.45) is 11.8 Å². The van der Waals surface area contributed by atoms with Crippen LogP contribution in [0.4, 0.5) is 0 Å². The second kappa shape index (κ2) is 6.37. The molecule has 0 aromatic rings. The van der Waals surface area contributed by atoms with Crippen molar-refractivity contribution in [1.29, 1.82) is 0 Å². The van der Waals surface area contributed by atoms with Crippen LogP contribution in [0.15, 0.2) is 0 Å². The first-order valence-corrected chi connectivity index (χ1v) is 6.25. The summed E-state index contributed by atoms with van der Waals surface area (Å²) in [6.45, 7) is 4.15. The quantitative estimate of drug-likeness (QED) is 0.603. The van der Waals surface area contributed by atoms with Crippen LogP contribution in [-0.4, -0.2) is 35.5 Å². The van der Waals surface area contributed by atoms with Crippen molar-refractivity contribution >= 4 is 17.8 Å². The lowest BCUT2D eigenvalue weighted by Gasteiger charge is -2.11. The lowest BCUT2D eigenvalue weighted by molar-refractivity contribution is -0.140. The summed E-state index contributed by atoms with van der Waals surface area (Å²) in [5.41, 5.74) is 0. The Balaban J connectivity index is 2.13. The van der Waals surface area contributed by atoms with Crippen molar-refractivity contribution in [3.05, 3.63) is 0 Å². The molecule has 2 amide bonds. The van der Waals surface area contributed by atoms with Gasteiger partial charge in [0.05, 0.1) is 11.8 Å². The first kappa shape index (κ1) is 14.5. The molecule has 1 rings (SSSR count). The number of hydrogen-bond acceptors (Lipinski definition) is 3. The highest BCUT2D eigenvalue weighted by molar-refractivity contribution is 5.89. The highest BCUT2D eigenvalue weighted by Crippen LogP contribution is 2.38. The van der Waals surface area contributed by atoms with Gasteiger partial charge in [-0.25, -0.2) is 0 Å². The largest absolute Gasteiger partial charge is 0.481 e. The van der Waals surface area contributed by atoms with Gasteiger partial charge in [0.25, 0.3) is 0 Å². The van der Waals surface area contributed by atoms with E-state index >= 15 is 0 Å². The Labute approximate surface area is 106 Å². The third kappa shape index (κ3) is 4.35. The molecule has 6 heteroatoms. The van der Waals surface area contributed by atoms with E-state index in [9.17, 15) is 14.4 Å². The van der Waals surface area contributed by atoms with E-state index in [0.29, 0.717) is 6.42 Å². The molecule has 3 N–H and O–H groups in total. The predicted molar refractivity (Wildman–Crippen MR) is 64.8 cm³/mol. The molecule has 0 spiro atoms. The van der Waals surface area contributed by atoms with Crippen LogP contribution in [0.5, 0.6) is 0 Å². The van der Waals surface area contributed by atoms with Gasteiger partial charge in [0, 0.05) is 19.0 Å². The smallest absolute Gasteiger partial charge is 0.307 e.